The summed E-state index contributed by atoms with van der Waals surface area (Å²) in [6.07, 6.45) is 1.26. The van der Waals surface area contributed by atoms with Gasteiger partial charge < -0.3 is 19.9 Å². The van der Waals surface area contributed by atoms with Gasteiger partial charge in [-0.3, -0.25) is 0 Å². The van der Waals surface area contributed by atoms with Crippen LogP contribution in [0.4, 0.5) is 5.95 Å². The van der Waals surface area contributed by atoms with Gasteiger partial charge in [-0.15, -0.1) is 0 Å². The van der Waals surface area contributed by atoms with Crippen molar-refractivity contribution in [1.82, 2.24) is 9.97 Å². The van der Waals surface area contributed by atoms with Gasteiger partial charge in [-0.25, -0.2) is 4.98 Å². The van der Waals surface area contributed by atoms with Crippen molar-refractivity contribution in [2.75, 3.05) is 32.2 Å². The van der Waals surface area contributed by atoms with Crippen molar-refractivity contribution in [3.63, 3.8) is 0 Å². The van der Waals surface area contributed by atoms with E-state index in [0.717, 1.165) is 5.69 Å². The third-order valence-corrected chi connectivity index (χ3v) is 3.04. The fraction of sp³-hybridized carbons (Fsp3) is 0.667. The van der Waals surface area contributed by atoms with Crippen LogP contribution < -0.4 is 10.1 Å². The van der Waals surface area contributed by atoms with Crippen LogP contribution in [-0.2, 0) is 4.74 Å². The van der Waals surface area contributed by atoms with Crippen molar-refractivity contribution in [1.29, 1.82) is 0 Å². The number of ether oxygens (including phenoxy) is 2. The fourth-order valence-corrected chi connectivity index (χ4v) is 1.90. The Labute approximate surface area is 106 Å². The Hall–Kier alpha value is -1.40. The van der Waals surface area contributed by atoms with Crippen molar-refractivity contribution in [2.24, 2.45) is 0 Å². The Morgan fingerprint density at radius 1 is 1.44 bits per heavy atom. The van der Waals surface area contributed by atoms with Crippen LogP contribution in [0.15, 0.2) is 6.07 Å². The lowest BCUT2D eigenvalue weighted by Crippen LogP contribution is -2.42. The number of aromatic nitrogens is 2. The van der Waals surface area contributed by atoms with Gasteiger partial charge in [-0.05, 0) is 6.92 Å². The summed E-state index contributed by atoms with van der Waals surface area (Å²) in [6, 6.07) is 1.76. The lowest BCUT2D eigenvalue weighted by Gasteiger charge is -2.32. The molecule has 0 amide bonds. The Morgan fingerprint density at radius 2 is 2.17 bits per heavy atom. The van der Waals surface area contributed by atoms with Gasteiger partial charge >= 0.3 is 0 Å². The van der Waals surface area contributed by atoms with Crippen LogP contribution in [0.3, 0.4) is 0 Å². The molecule has 0 bridgehead atoms. The van der Waals surface area contributed by atoms with E-state index in [2.05, 4.69) is 15.3 Å². The fourth-order valence-electron chi connectivity index (χ4n) is 1.90. The number of hydrogen-bond donors (Lipinski definition) is 2. The zero-order chi connectivity index (χ0) is 13.0. The molecule has 6 nitrogen and oxygen atoms in total. The maximum atomic E-state index is 10.3. The largest absolute Gasteiger partial charge is 0.481 e. The minimum atomic E-state index is -0.738. The number of anilines is 1. The SMILES string of the molecule is COc1cc(C)nc(NCC2(O)CCOCC2)n1. The van der Waals surface area contributed by atoms with Crippen molar-refractivity contribution < 1.29 is 14.6 Å². The molecule has 18 heavy (non-hydrogen) atoms. The molecule has 1 aromatic heterocycles. The molecule has 0 aliphatic carbocycles. The highest BCUT2D eigenvalue weighted by atomic mass is 16.5. The van der Waals surface area contributed by atoms with Gasteiger partial charge in [0.05, 0.1) is 12.7 Å². The van der Waals surface area contributed by atoms with Crippen LogP contribution in [0.2, 0.25) is 0 Å². The minimum Gasteiger partial charge on any atom is -0.481 e. The molecule has 0 radical (unpaired) electrons. The summed E-state index contributed by atoms with van der Waals surface area (Å²) in [5, 5.41) is 13.4. The topological polar surface area (TPSA) is 76.5 Å². The standard InChI is InChI=1S/C12H19N3O3/c1-9-7-10(17-2)15-11(14-9)13-8-12(16)3-5-18-6-4-12/h7,16H,3-6,8H2,1-2H3,(H,13,14,15). The van der Waals surface area contributed by atoms with E-state index in [0.29, 0.717) is 44.4 Å². The van der Waals surface area contributed by atoms with Gasteiger partial charge in [0.2, 0.25) is 11.8 Å². The monoisotopic (exact) mass is 253 g/mol. The van der Waals surface area contributed by atoms with E-state index in [-0.39, 0.29) is 0 Å². The quantitative estimate of drug-likeness (QED) is 0.824. The molecule has 0 atom stereocenters. The maximum Gasteiger partial charge on any atom is 0.226 e. The summed E-state index contributed by atoms with van der Waals surface area (Å²) in [6.45, 7) is 3.48. The molecular weight excluding hydrogens is 234 g/mol. The molecule has 1 aromatic rings. The summed E-state index contributed by atoms with van der Waals surface area (Å²) in [5.41, 5.74) is 0.0850. The number of aryl methyl sites for hydroxylation is 1. The minimum absolute atomic E-state index is 0.420. The average molecular weight is 253 g/mol. The van der Waals surface area contributed by atoms with Gasteiger partial charge in [0.25, 0.3) is 0 Å². The Balaban J connectivity index is 1.98. The number of rotatable bonds is 4. The highest BCUT2D eigenvalue weighted by Crippen LogP contribution is 2.21. The van der Waals surface area contributed by atoms with E-state index in [1.165, 1.54) is 0 Å². The molecule has 0 unspecified atom stereocenters. The first-order valence-corrected chi connectivity index (χ1v) is 6.05. The Kier molecular flexibility index (Phi) is 3.98. The van der Waals surface area contributed by atoms with Crippen molar-refractivity contribution >= 4 is 5.95 Å². The molecule has 1 aliphatic heterocycles. The second-order valence-electron chi connectivity index (χ2n) is 4.57. The van der Waals surface area contributed by atoms with Crippen LogP contribution in [0, 0.1) is 6.92 Å². The molecule has 2 N–H and O–H groups in total. The molecule has 0 saturated carbocycles. The van der Waals surface area contributed by atoms with Crippen LogP contribution in [0.1, 0.15) is 18.5 Å². The summed E-state index contributed by atoms with van der Waals surface area (Å²) in [5.74, 6) is 0.996. The molecule has 2 rings (SSSR count). The molecule has 1 aliphatic rings. The van der Waals surface area contributed by atoms with Gasteiger partial charge in [0, 0.05) is 44.4 Å². The molecule has 1 saturated heterocycles. The Morgan fingerprint density at radius 3 is 2.83 bits per heavy atom. The molecule has 0 spiro atoms. The molecule has 1 fully saturated rings. The molecule has 0 aromatic carbocycles. The van der Waals surface area contributed by atoms with Crippen molar-refractivity contribution in [3.8, 4) is 5.88 Å². The van der Waals surface area contributed by atoms with Gasteiger partial charge in [0.15, 0.2) is 0 Å². The summed E-state index contributed by atoms with van der Waals surface area (Å²) < 4.78 is 10.3. The van der Waals surface area contributed by atoms with Gasteiger partial charge in [0.1, 0.15) is 0 Å². The lowest BCUT2D eigenvalue weighted by atomic mass is 9.94. The van der Waals surface area contributed by atoms with Crippen LogP contribution in [-0.4, -0.2) is 47.5 Å². The molecule has 2 heterocycles. The zero-order valence-electron chi connectivity index (χ0n) is 10.8. The van der Waals surface area contributed by atoms with E-state index in [1.807, 2.05) is 6.92 Å². The van der Waals surface area contributed by atoms with Crippen LogP contribution in [0.5, 0.6) is 5.88 Å². The van der Waals surface area contributed by atoms with Gasteiger partial charge in [-0.2, -0.15) is 4.98 Å². The summed E-state index contributed by atoms with van der Waals surface area (Å²) in [4.78, 5) is 8.43. The molecule has 6 heteroatoms. The highest BCUT2D eigenvalue weighted by molar-refractivity contribution is 5.31. The average Bonchev–Trinajstić information content (AvgIpc) is 2.37. The number of methoxy groups -OCH3 is 1. The lowest BCUT2D eigenvalue weighted by molar-refractivity contribution is -0.0544. The number of nitrogens with one attached hydrogen (secondary N) is 1. The van der Waals surface area contributed by atoms with E-state index in [4.69, 9.17) is 9.47 Å². The summed E-state index contributed by atoms with van der Waals surface area (Å²) >= 11 is 0. The summed E-state index contributed by atoms with van der Waals surface area (Å²) in [7, 11) is 1.57. The first kappa shape index (κ1) is 13.0. The van der Waals surface area contributed by atoms with Crippen molar-refractivity contribution in [2.45, 2.75) is 25.4 Å². The predicted octanol–water partition coefficient (Wildman–Crippen LogP) is 0.747. The van der Waals surface area contributed by atoms with E-state index in [1.54, 1.807) is 13.2 Å². The second-order valence-corrected chi connectivity index (χ2v) is 4.57. The second kappa shape index (κ2) is 5.49. The first-order chi connectivity index (χ1) is 8.61. The highest BCUT2D eigenvalue weighted by Gasteiger charge is 2.29. The van der Waals surface area contributed by atoms with Crippen LogP contribution in [0.25, 0.3) is 0 Å². The predicted molar refractivity (Wildman–Crippen MR) is 66.8 cm³/mol. The Bertz CT molecular complexity index is 406. The molecule has 100 valence electrons. The number of nitrogens with zero attached hydrogens (tertiary/aromatic N) is 2. The van der Waals surface area contributed by atoms with E-state index >= 15 is 0 Å². The van der Waals surface area contributed by atoms with E-state index in [9.17, 15) is 5.11 Å². The number of hydrogen-bond acceptors (Lipinski definition) is 6. The zero-order valence-corrected chi connectivity index (χ0v) is 10.8. The normalized spacial score (nSPS) is 18.4. The molecular formula is C12H19N3O3. The third kappa shape index (κ3) is 3.30. The van der Waals surface area contributed by atoms with Crippen molar-refractivity contribution in [3.05, 3.63) is 11.8 Å². The van der Waals surface area contributed by atoms with Gasteiger partial charge in [-0.1, -0.05) is 0 Å². The first-order valence-electron chi connectivity index (χ1n) is 6.05. The maximum absolute atomic E-state index is 10.3. The van der Waals surface area contributed by atoms with E-state index < -0.39 is 5.60 Å². The smallest absolute Gasteiger partial charge is 0.226 e. The number of aliphatic hydroxyl groups is 1. The van der Waals surface area contributed by atoms with Crippen LogP contribution >= 0.6 is 0 Å². The third-order valence-electron chi connectivity index (χ3n) is 3.04.